The lowest BCUT2D eigenvalue weighted by Gasteiger charge is -2.36. The van der Waals surface area contributed by atoms with Gasteiger partial charge in [0.2, 0.25) is 0 Å². The van der Waals surface area contributed by atoms with Gasteiger partial charge in [0.25, 0.3) is 0 Å². The average Bonchev–Trinajstić information content (AvgIpc) is 3.26. The molecule has 196 valence electrons. The number of amides is 1. The highest BCUT2D eigenvalue weighted by atomic mass is 19.1. The topological polar surface area (TPSA) is 79.5 Å². The number of carbonyl (C=O) groups is 1. The molecule has 5 rings (SSSR count). The molecule has 1 amide bonds. The number of anilines is 2. The van der Waals surface area contributed by atoms with Crippen molar-refractivity contribution in [2.24, 2.45) is 0 Å². The van der Waals surface area contributed by atoms with E-state index in [9.17, 15) is 18.4 Å². The summed E-state index contributed by atoms with van der Waals surface area (Å²) in [6, 6.07) is 8.30. The summed E-state index contributed by atoms with van der Waals surface area (Å²) < 4.78 is 29.7. The van der Waals surface area contributed by atoms with E-state index in [0.717, 1.165) is 81.7 Å². The van der Waals surface area contributed by atoms with Crippen LogP contribution in [0.25, 0.3) is 5.69 Å². The Balaban J connectivity index is 1.50. The van der Waals surface area contributed by atoms with Gasteiger partial charge < -0.3 is 9.80 Å². The molecule has 1 saturated carbocycles. The quantitative estimate of drug-likeness (QED) is 0.499. The molecule has 0 N–H and O–H groups in total. The van der Waals surface area contributed by atoms with Crippen LogP contribution in [0.3, 0.4) is 0 Å². The molecule has 9 nitrogen and oxygen atoms in total. The van der Waals surface area contributed by atoms with Gasteiger partial charge in [-0.05, 0) is 73.1 Å². The minimum atomic E-state index is -1.03. The smallest absolute Gasteiger partial charge is 0.369 e. The van der Waals surface area contributed by atoms with E-state index >= 15 is 0 Å². The van der Waals surface area contributed by atoms with Crippen LogP contribution in [0.1, 0.15) is 37.7 Å². The molecular weight excluding hydrogens is 480 g/mol. The monoisotopic (exact) mass is 511 g/mol. The summed E-state index contributed by atoms with van der Waals surface area (Å²) in [6.45, 7) is 5.83. The number of benzene rings is 2. The first-order chi connectivity index (χ1) is 17.8. The number of para-hydroxylation sites is 1. The highest BCUT2D eigenvalue weighted by molar-refractivity contribution is 5.94. The van der Waals surface area contributed by atoms with Crippen molar-refractivity contribution >= 4 is 17.4 Å². The fourth-order valence-electron chi connectivity index (χ4n) is 5.31. The van der Waals surface area contributed by atoms with Crippen LogP contribution in [0.5, 0.6) is 0 Å². The number of nitrogens with zero attached hydrogens (tertiary/aromatic N) is 7. The number of aromatic nitrogens is 4. The van der Waals surface area contributed by atoms with Crippen molar-refractivity contribution in [3.8, 4) is 5.69 Å². The Morgan fingerprint density at radius 2 is 1.65 bits per heavy atom. The Kier molecular flexibility index (Phi) is 7.05. The maximum Gasteiger partial charge on any atom is 0.377 e. The summed E-state index contributed by atoms with van der Waals surface area (Å²) >= 11 is 0. The van der Waals surface area contributed by atoms with Crippen molar-refractivity contribution in [1.29, 1.82) is 0 Å². The van der Waals surface area contributed by atoms with Crippen LogP contribution < -0.4 is 15.5 Å². The Morgan fingerprint density at radius 1 is 0.973 bits per heavy atom. The Hall–Kier alpha value is -3.60. The van der Waals surface area contributed by atoms with Crippen LogP contribution >= 0.6 is 0 Å². The lowest BCUT2D eigenvalue weighted by atomic mass is 9.93. The SMILES string of the molecule is Cc1cc(N(C(=O)n2nnn(-c3c(F)cccc3F)c2=O)C2CCCCC2)ccc1N1CCN(C)CC1. The van der Waals surface area contributed by atoms with Gasteiger partial charge in [0.05, 0.1) is 0 Å². The molecule has 3 aromatic rings. The van der Waals surface area contributed by atoms with E-state index in [2.05, 4.69) is 27.3 Å². The lowest BCUT2D eigenvalue weighted by Crippen LogP contribution is -2.47. The fourth-order valence-corrected chi connectivity index (χ4v) is 5.31. The van der Waals surface area contributed by atoms with Gasteiger partial charge in [-0.25, -0.2) is 18.4 Å². The number of hydrogen-bond acceptors (Lipinski definition) is 6. The van der Waals surface area contributed by atoms with Gasteiger partial charge in [0, 0.05) is 43.6 Å². The van der Waals surface area contributed by atoms with Gasteiger partial charge in [-0.15, -0.1) is 4.68 Å². The molecule has 2 fully saturated rings. The van der Waals surface area contributed by atoms with Gasteiger partial charge >= 0.3 is 11.7 Å². The van der Waals surface area contributed by atoms with Crippen LogP contribution in [0.4, 0.5) is 25.0 Å². The third kappa shape index (κ3) is 4.87. The number of likely N-dealkylation sites (N-methyl/N-ethyl adjacent to an activating group) is 1. The lowest BCUT2D eigenvalue weighted by molar-refractivity contribution is 0.238. The molecule has 0 bridgehead atoms. The summed E-state index contributed by atoms with van der Waals surface area (Å²) in [5.74, 6) is -1.94. The molecule has 0 atom stereocenters. The van der Waals surface area contributed by atoms with Gasteiger partial charge in [-0.2, -0.15) is 4.68 Å². The minimum absolute atomic E-state index is 0.127. The summed E-state index contributed by atoms with van der Waals surface area (Å²) in [7, 11) is 2.11. The molecule has 2 aromatic carbocycles. The van der Waals surface area contributed by atoms with E-state index in [1.54, 1.807) is 4.90 Å². The molecule has 11 heteroatoms. The predicted molar refractivity (Wildman–Crippen MR) is 137 cm³/mol. The zero-order chi connectivity index (χ0) is 26.1. The summed E-state index contributed by atoms with van der Waals surface area (Å²) in [5.41, 5.74) is 1.11. The largest absolute Gasteiger partial charge is 0.377 e. The molecule has 0 unspecified atom stereocenters. The second kappa shape index (κ2) is 10.4. The number of carbonyl (C=O) groups excluding carboxylic acids is 1. The van der Waals surface area contributed by atoms with Crippen LogP contribution in [0.15, 0.2) is 41.2 Å². The average molecular weight is 512 g/mol. The van der Waals surface area contributed by atoms with E-state index in [4.69, 9.17) is 0 Å². The molecule has 37 heavy (non-hydrogen) atoms. The minimum Gasteiger partial charge on any atom is -0.369 e. The predicted octanol–water partition coefficient (Wildman–Crippen LogP) is 3.57. The normalized spacial score (nSPS) is 17.2. The van der Waals surface area contributed by atoms with Crippen molar-refractivity contribution < 1.29 is 13.6 Å². The Morgan fingerprint density at radius 3 is 2.30 bits per heavy atom. The molecule has 2 heterocycles. The number of piperazine rings is 1. The third-order valence-corrected chi connectivity index (χ3v) is 7.36. The maximum absolute atomic E-state index is 14.3. The Bertz CT molecular complexity index is 1320. The maximum atomic E-state index is 14.3. The molecule has 1 saturated heterocycles. The summed E-state index contributed by atoms with van der Waals surface area (Å²) in [4.78, 5) is 33.1. The second-order valence-electron chi connectivity index (χ2n) is 9.86. The number of aryl methyl sites for hydroxylation is 1. The zero-order valence-corrected chi connectivity index (χ0v) is 21.1. The van der Waals surface area contributed by atoms with Crippen LogP contribution in [0.2, 0.25) is 0 Å². The molecule has 2 aliphatic rings. The molecule has 0 spiro atoms. The van der Waals surface area contributed by atoms with E-state index in [1.165, 1.54) is 6.07 Å². The van der Waals surface area contributed by atoms with Gasteiger partial charge in [0.15, 0.2) is 11.6 Å². The van der Waals surface area contributed by atoms with Gasteiger partial charge in [0.1, 0.15) is 5.69 Å². The molecule has 1 aliphatic heterocycles. The first kappa shape index (κ1) is 25.1. The number of hydrogen-bond donors (Lipinski definition) is 0. The summed E-state index contributed by atoms with van der Waals surface area (Å²) in [5, 5.41) is 7.34. The van der Waals surface area contributed by atoms with Crippen LogP contribution in [-0.2, 0) is 0 Å². The van der Waals surface area contributed by atoms with E-state index in [1.807, 2.05) is 25.1 Å². The standard InChI is InChI=1S/C26H31F2N7O2/c1-18-17-20(11-12-23(18)32-15-13-31(2)14-16-32)33(19-7-4-3-5-8-19)25(36)35-26(37)34(29-30-35)24-21(27)9-6-10-22(24)28/h6,9-12,17,19H,3-5,7-8,13-16H2,1-2H3. The van der Waals surface area contributed by atoms with Crippen LogP contribution in [0, 0.1) is 18.6 Å². The van der Waals surface area contributed by atoms with E-state index < -0.39 is 29.0 Å². The first-order valence-electron chi connectivity index (χ1n) is 12.7. The van der Waals surface area contributed by atoms with Gasteiger partial charge in [-0.1, -0.05) is 25.3 Å². The first-order valence-corrected chi connectivity index (χ1v) is 12.7. The molecule has 1 aliphatic carbocycles. The molecule has 1 aromatic heterocycles. The van der Waals surface area contributed by atoms with Crippen molar-refractivity contribution in [3.05, 3.63) is 64.1 Å². The van der Waals surface area contributed by atoms with Gasteiger partial charge in [-0.3, -0.25) is 4.90 Å². The number of halogens is 2. The highest BCUT2D eigenvalue weighted by Crippen LogP contribution is 2.32. The second-order valence-corrected chi connectivity index (χ2v) is 9.86. The number of tetrazole rings is 1. The van der Waals surface area contributed by atoms with Crippen molar-refractivity contribution in [2.45, 2.75) is 45.1 Å². The summed E-state index contributed by atoms with van der Waals surface area (Å²) in [6.07, 6.45) is 4.60. The zero-order valence-electron chi connectivity index (χ0n) is 21.1. The molecule has 0 radical (unpaired) electrons. The van der Waals surface area contributed by atoms with Crippen molar-refractivity contribution in [1.82, 2.24) is 24.7 Å². The molecular formula is C26H31F2N7O2. The fraction of sp³-hybridized carbons (Fsp3) is 0.462. The Labute approximate surface area is 213 Å². The van der Waals surface area contributed by atoms with Crippen LogP contribution in [-0.4, -0.2) is 70.0 Å². The van der Waals surface area contributed by atoms with Crippen molar-refractivity contribution in [2.75, 3.05) is 43.0 Å². The third-order valence-electron chi connectivity index (χ3n) is 7.36. The number of rotatable bonds is 4. The van der Waals surface area contributed by atoms with Crippen molar-refractivity contribution in [3.63, 3.8) is 0 Å². The van der Waals surface area contributed by atoms with E-state index in [0.29, 0.717) is 15.1 Å². The highest BCUT2D eigenvalue weighted by Gasteiger charge is 2.32. The van der Waals surface area contributed by atoms with E-state index in [-0.39, 0.29) is 6.04 Å².